The first kappa shape index (κ1) is 10.7. The van der Waals surface area contributed by atoms with Gasteiger partial charge in [0.05, 0.1) is 6.04 Å². The third-order valence-electron chi connectivity index (χ3n) is 1.99. The molecule has 0 aliphatic heterocycles. The first-order valence-corrected chi connectivity index (χ1v) is 5.71. The summed E-state index contributed by atoms with van der Waals surface area (Å²) in [5.74, 6) is 0.774. The lowest BCUT2D eigenvalue weighted by Gasteiger charge is -2.11. The summed E-state index contributed by atoms with van der Waals surface area (Å²) in [6.07, 6.45) is 3.09. The van der Waals surface area contributed by atoms with Crippen LogP contribution in [0.5, 0.6) is 0 Å². The molecule has 0 aliphatic rings. The van der Waals surface area contributed by atoms with Gasteiger partial charge in [0.25, 0.3) is 0 Å². The monoisotopic (exact) mass is 198 g/mol. The zero-order valence-electron chi connectivity index (χ0n) is 8.58. The van der Waals surface area contributed by atoms with Crippen LogP contribution >= 0.6 is 11.3 Å². The minimum atomic E-state index is 0.402. The van der Waals surface area contributed by atoms with Crippen molar-refractivity contribution in [1.82, 2.24) is 10.3 Å². The van der Waals surface area contributed by atoms with E-state index in [1.165, 1.54) is 11.4 Å². The second-order valence-electron chi connectivity index (χ2n) is 3.73. The molecular weight excluding hydrogens is 180 g/mol. The summed E-state index contributed by atoms with van der Waals surface area (Å²) in [4.78, 5) is 4.27. The molecule has 0 aromatic carbocycles. The lowest BCUT2D eigenvalue weighted by Crippen LogP contribution is -2.20. The highest BCUT2D eigenvalue weighted by molar-refractivity contribution is 7.09. The Morgan fingerprint density at radius 2 is 2.23 bits per heavy atom. The van der Waals surface area contributed by atoms with Crippen molar-refractivity contribution in [3.05, 3.63) is 16.6 Å². The molecule has 1 N–H and O–H groups in total. The van der Waals surface area contributed by atoms with Crippen molar-refractivity contribution in [2.75, 3.05) is 6.54 Å². The van der Waals surface area contributed by atoms with E-state index < -0.39 is 0 Å². The van der Waals surface area contributed by atoms with Crippen LogP contribution in [0.15, 0.2) is 11.6 Å². The average Bonchev–Trinajstić information content (AvgIpc) is 2.55. The van der Waals surface area contributed by atoms with Gasteiger partial charge >= 0.3 is 0 Å². The highest BCUT2D eigenvalue weighted by Gasteiger charge is 2.06. The summed E-state index contributed by atoms with van der Waals surface area (Å²) in [7, 11) is 0. The molecule has 3 heteroatoms. The first-order chi connectivity index (χ1) is 6.20. The van der Waals surface area contributed by atoms with E-state index in [1.807, 2.05) is 11.6 Å². The van der Waals surface area contributed by atoms with Gasteiger partial charge in [-0.2, -0.15) is 0 Å². The lowest BCUT2D eigenvalue weighted by atomic mass is 10.1. The van der Waals surface area contributed by atoms with Crippen LogP contribution in [-0.4, -0.2) is 11.5 Å². The third-order valence-corrected chi connectivity index (χ3v) is 2.95. The molecule has 0 radical (unpaired) electrons. The van der Waals surface area contributed by atoms with Gasteiger partial charge in [-0.15, -0.1) is 11.3 Å². The Bertz CT molecular complexity index is 219. The molecule has 0 amide bonds. The Balaban J connectivity index is 2.22. The fraction of sp³-hybridized carbons (Fsp3) is 0.700. The van der Waals surface area contributed by atoms with Gasteiger partial charge in [-0.3, -0.25) is 0 Å². The molecule has 13 heavy (non-hydrogen) atoms. The van der Waals surface area contributed by atoms with Gasteiger partial charge in [0.2, 0.25) is 0 Å². The molecule has 1 heterocycles. The quantitative estimate of drug-likeness (QED) is 0.787. The Kier molecular flexibility index (Phi) is 4.39. The zero-order valence-corrected chi connectivity index (χ0v) is 9.40. The second kappa shape index (κ2) is 5.35. The van der Waals surface area contributed by atoms with Crippen LogP contribution in [0.25, 0.3) is 0 Å². The van der Waals surface area contributed by atoms with Crippen molar-refractivity contribution in [2.24, 2.45) is 5.92 Å². The second-order valence-corrected chi connectivity index (χ2v) is 4.65. The predicted octanol–water partition coefficient (Wildman–Crippen LogP) is 2.84. The van der Waals surface area contributed by atoms with E-state index in [-0.39, 0.29) is 0 Å². The molecule has 0 spiro atoms. The van der Waals surface area contributed by atoms with Crippen LogP contribution < -0.4 is 5.32 Å². The van der Waals surface area contributed by atoms with Crippen molar-refractivity contribution in [3.63, 3.8) is 0 Å². The Morgan fingerprint density at radius 1 is 1.46 bits per heavy atom. The molecule has 0 saturated heterocycles. The number of hydrogen-bond acceptors (Lipinski definition) is 3. The van der Waals surface area contributed by atoms with Crippen LogP contribution in [0, 0.1) is 5.92 Å². The van der Waals surface area contributed by atoms with Crippen LogP contribution in [0.1, 0.15) is 38.2 Å². The number of nitrogens with zero attached hydrogens (tertiary/aromatic N) is 1. The maximum Gasteiger partial charge on any atom is 0.109 e. The molecule has 0 fully saturated rings. The fourth-order valence-electron chi connectivity index (χ4n) is 1.12. The lowest BCUT2D eigenvalue weighted by molar-refractivity contribution is 0.496. The highest BCUT2D eigenvalue weighted by atomic mass is 32.1. The number of aromatic nitrogens is 1. The van der Waals surface area contributed by atoms with Crippen molar-refractivity contribution in [1.29, 1.82) is 0 Å². The average molecular weight is 198 g/mol. The molecule has 0 bridgehead atoms. The minimum Gasteiger partial charge on any atom is -0.308 e. The van der Waals surface area contributed by atoms with Crippen LogP contribution in [-0.2, 0) is 0 Å². The van der Waals surface area contributed by atoms with Crippen LogP contribution in [0.3, 0.4) is 0 Å². The van der Waals surface area contributed by atoms with Crippen LogP contribution in [0.4, 0.5) is 0 Å². The Labute approximate surface area is 84.4 Å². The van der Waals surface area contributed by atoms with Gasteiger partial charge in [-0.25, -0.2) is 4.98 Å². The smallest absolute Gasteiger partial charge is 0.109 e. The topological polar surface area (TPSA) is 24.9 Å². The standard InChI is InChI=1S/C10H18N2S/c1-8(2)4-5-11-9(3)10-12-6-7-13-10/h6-9,11H,4-5H2,1-3H3/t9-/m0/s1. The predicted molar refractivity (Wildman–Crippen MR) is 58.0 cm³/mol. The summed E-state index contributed by atoms with van der Waals surface area (Å²) in [6, 6.07) is 0.402. The maximum atomic E-state index is 4.27. The Hall–Kier alpha value is -0.410. The van der Waals surface area contributed by atoms with E-state index in [0.29, 0.717) is 6.04 Å². The van der Waals surface area contributed by atoms with Gasteiger partial charge in [-0.1, -0.05) is 13.8 Å². The SMILES string of the molecule is CC(C)CCN[C@@H](C)c1nccs1. The number of hydrogen-bond donors (Lipinski definition) is 1. The zero-order chi connectivity index (χ0) is 9.68. The molecular formula is C10H18N2S. The highest BCUT2D eigenvalue weighted by Crippen LogP contribution is 2.14. The number of thiazole rings is 1. The molecule has 2 nitrogen and oxygen atoms in total. The van der Waals surface area contributed by atoms with E-state index in [4.69, 9.17) is 0 Å². The van der Waals surface area contributed by atoms with Crippen molar-refractivity contribution in [2.45, 2.75) is 33.2 Å². The third kappa shape index (κ3) is 3.87. The van der Waals surface area contributed by atoms with Crippen molar-refractivity contribution >= 4 is 11.3 Å². The molecule has 0 aliphatic carbocycles. The van der Waals surface area contributed by atoms with E-state index in [9.17, 15) is 0 Å². The first-order valence-electron chi connectivity index (χ1n) is 4.83. The summed E-state index contributed by atoms with van der Waals surface area (Å²) >= 11 is 1.72. The summed E-state index contributed by atoms with van der Waals surface area (Å²) < 4.78 is 0. The van der Waals surface area contributed by atoms with Gasteiger partial charge in [-0.05, 0) is 25.8 Å². The Morgan fingerprint density at radius 3 is 2.77 bits per heavy atom. The van der Waals surface area contributed by atoms with E-state index in [1.54, 1.807) is 11.3 Å². The molecule has 0 unspecified atom stereocenters. The van der Waals surface area contributed by atoms with E-state index in [2.05, 4.69) is 31.1 Å². The van der Waals surface area contributed by atoms with E-state index in [0.717, 1.165) is 12.5 Å². The molecule has 1 atom stereocenters. The number of rotatable bonds is 5. The largest absolute Gasteiger partial charge is 0.308 e. The van der Waals surface area contributed by atoms with Crippen LogP contribution in [0.2, 0.25) is 0 Å². The molecule has 1 rings (SSSR count). The summed E-state index contributed by atoms with van der Waals surface area (Å²) in [5.41, 5.74) is 0. The van der Waals surface area contributed by atoms with Crippen molar-refractivity contribution in [3.8, 4) is 0 Å². The van der Waals surface area contributed by atoms with E-state index >= 15 is 0 Å². The normalized spacial score (nSPS) is 13.5. The minimum absolute atomic E-state index is 0.402. The summed E-state index contributed by atoms with van der Waals surface area (Å²) in [6.45, 7) is 7.74. The maximum absolute atomic E-state index is 4.27. The van der Waals surface area contributed by atoms with Gasteiger partial charge in [0.1, 0.15) is 5.01 Å². The molecule has 74 valence electrons. The molecule has 1 aromatic heterocycles. The van der Waals surface area contributed by atoms with Crippen molar-refractivity contribution < 1.29 is 0 Å². The summed E-state index contributed by atoms with van der Waals surface area (Å²) in [5, 5.41) is 6.67. The fourth-order valence-corrected chi connectivity index (χ4v) is 1.79. The molecule has 1 aromatic rings. The van der Waals surface area contributed by atoms with Gasteiger partial charge in [0, 0.05) is 11.6 Å². The van der Waals surface area contributed by atoms with Gasteiger partial charge < -0.3 is 5.32 Å². The number of nitrogens with one attached hydrogen (secondary N) is 1. The van der Waals surface area contributed by atoms with Gasteiger partial charge in [0.15, 0.2) is 0 Å². The molecule has 0 saturated carbocycles.